The molecule has 5 heteroatoms. The zero-order chi connectivity index (χ0) is 16.7. The molecule has 0 radical (unpaired) electrons. The van der Waals surface area contributed by atoms with Gasteiger partial charge in [-0.1, -0.05) is 6.07 Å². The van der Waals surface area contributed by atoms with Crippen LogP contribution in [0.1, 0.15) is 38.5 Å². The maximum absolute atomic E-state index is 5.65. The zero-order valence-electron chi connectivity index (χ0n) is 14.4. The summed E-state index contributed by atoms with van der Waals surface area (Å²) < 4.78 is 10.9. The van der Waals surface area contributed by atoms with Crippen molar-refractivity contribution in [3.63, 3.8) is 0 Å². The van der Waals surface area contributed by atoms with Gasteiger partial charge in [-0.25, -0.2) is 0 Å². The lowest BCUT2D eigenvalue weighted by Gasteiger charge is -2.57. The van der Waals surface area contributed by atoms with Crippen LogP contribution in [-0.4, -0.2) is 24.9 Å². The molecule has 4 nitrogen and oxygen atoms in total. The average molecular weight is 346 g/mol. The van der Waals surface area contributed by atoms with Gasteiger partial charge in [-0.3, -0.25) is 0 Å². The van der Waals surface area contributed by atoms with Crippen molar-refractivity contribution in [3.05, 3.63) is 18.2 Å². The van der Waals surface area contributed by atoms with Crippen LogP contribution in [0, 0.1) is 17.8 Å². The number of thiocarbonyl (C=S) groups is 1. The smallest absolute Gasteiger partial charge is 0.171 e. The Morgan fingerprint density at radius 3 is 1.96 bits per heavy atom. The number of nitrogens with one attached hydrogen (secondary N) is 2. The second kappa shape index (κ2) is 6.10. The highest BCUT2D eigenvalue weighted by Crippen LogP contribution is 2.55. The van der Waals surface area contributed by atoms with Crippen molar-refractivity contribution in [2.75, 3.05) is 19.5 Å². The van der Waals surface area contributed by atoms with Gasteiger partial charge in [0.2, 0.25) is 0 Å². The molecule has 2 N–H and O–H groups in total. The summed E-state index contributed by atoms with van der Waals surface area (Å²) in [6, 6.07) is 5.74. The number of hydrogen-bond acceptors (Lipinski definition) is 3. The van der Waals surface area contributed by atoms with Gasteiger partial charge in [0.1, 0.15) is 17.2 Å². The number of para-hydroxylation sites is 1. The van der Waals surface area contributed by atoms with Crippen LogP contribution >= 0.6 is 12.2 Å². The summed E-state index contributed by atoms with van der Waals surface area (Å²) in [5.41, 5.74) is 0.999. The van der Waals surface area contributed by atoms with Crippen LogP contribution in [0.4, 0.5) is 5.69 Å². The molecule has 4 aliphatic carbocycles. The van der Waals surface area contributed by atoms with Gasteiger partial charge in [-0.15, -0.1) is 0 Å². The van der Waals surface area contributed by atoms with E-state index in [1.54, 1.807) is 14.2 Å². The monoisotopic (exact) mass is 346 g/mol. The van der Waals surface area contributed by atoms with E-state index in [0.717, 1.165) is 34.9 Å². The van der Waals surface area contributed by atoms with E-state index in [-0.39, 0.29) is 5.54 Å². The summed E-state index contributed by atoms with van der Waals surface area (Å²) in [6.07, 6.45) is 8.10. The Hall–Kier alpha value is -1.49. The third-order valence-corrected chi connectivity index (χ3v) is 6.29. The van der Waals surface area contributed by atoms with Gasteiger partial charge in [0, 0.05) is 5.54 Å². The van der Waals surface area contributed by atoms with Crippen molar-refractivity contribution < 1.29 is 9.47 Å². The van der Waals surface area contributed by atoms with E-state index in [1.807, 2.05) is 18.2 Å². The third-order valence-electron chi connectivity index (χ3n) is 6.08. The van der Waals surface area contributed by atoms with E-state index < -0.39 is 0 Å². The zero-order valence-corrected chi connectivity index (χ0v) is 15.2. The highest BCUT2D eigenvalue weighted by Gasteiger charge is 2.51. The van der Waals surface area contributed by atoms with Gasteiger partial charge in [0.05, 0.1) is 14.2 Å². The highest BCUT2D eigenvalue weighted by molar-refractivity contribution is 7.80. The maximum Gasteiger partial charge on any atom is 0.171 e. The molecule has 130 valence electrons. The predicted octanol–water partition coefficient (Wildman–Crippen LogP) is 3.96. The number of methoxy groups -OCH3 is 2. The minimum Gasteiger partial charge on any atom is -0.494 e. The van der Waals surface area contributed by atoms with E-state index in [0.29, 0.717) is 5.11 Å². The van der Waals surface area contributed by atoms with Crippen molar-refractivity contribution in [2.24, 2.45) is 17.8 Å². The molecule has 24 heavy (non-hydrogen) atoms. The molecule has 1 aromatic rings. The number of anilines is 1. The van der Waals surface area contributed by atoms with E-state index in [1.165, 1.54) is 38.5 Å². The molecule has 0 saturated heterocycles. The molecule has 0 atom stereocenters. The molecule has 4 aliphatic rings. The van der Waals surface area contributed by atoms with E-state index in [9.17, 15) is 0 Å². The maximum atomic E-state index is 5.65. The summed E-state index contributed by atoms with van der Waals surface area (Å²) in [7, 11) is 3.32. The number of ether oxygens (including phenoxy) is 2. The van der Waals surface area contributed by atoms with Gasteiger partial charge >= 0.3 is 0 Å². The number of rotatable bonds is 4. The van der Waals surface area contributed by atoms with E-state index in [2.05, 4.69) is 10.6 Å². The van der Waals surface area contributed by atoms with Gasteiger partial charge in [-0.05, 0) is 80.6 Å². The second-order valence-electron chi connectivity index (χ2n) is 7.81. The molecule has 4 fully saturated rings. The topological polar surface area (TPSA) is 42.5 Å². The fraction of sp³-hybridized carbons (Fsp3) is 0.632. The fourth-order valence-electron chi connectivity index (χ4n) is 5.62. The number of hydrogen-bond donors (Lipinski definition) is 2. The summed E-state index contributed by atoms with van der Waals surface area (Å²) >= 11 is 5.65. The second-order valence-corrected chi connectivity index (χ2v) is 8.22. The Labute approximate surface area is 149 Å². The molecule has 0 unspecified atom stereocenters. The first-order valence-electron chi connectivity index (χ1n) is 8.91. The Morgan fingerprint density at radius 1 is 1.00 bits per heavy atom. The lowest BCUT2D eigenvalue weighted by atomic mass is 9.53. The van der Waals surface area contributed by atoms with Crippen molar-refractivity contribution in [3.8, 4) is 11.5 Å². The van der Waals surface area contributed by atoms with Crippen LogP contribution in [0.3, 0.4) is 0 Å². The minimum atomic E-state index is 0.202. The van der Waals surface area contributed by atoms with Crippen LogP contribution in [0.15, 0.2) is 18.2 Å². The Bertz CT molecular complexity index is 589. The highest BCUT2D eigenvalue weighted by atomic mass is 32.1. The van der Waals surface area contributed by atoms with Gasteiger partial charge in [0.15, 0.2) is 5.11 Å². The summed E-state index contributed by atoms with van der Waals surface area (Å²) in [5.74, 6) is 4.17. The predicted molar refractivity (Wildman–Crippen MR) is 99.8 cm³/mol. The summed E-state index contributed by atoms with van der Waals surface area (Å²) in [6.45, 7) is 0. The lowest BCUT2D eigenvalue weighted by Crippen LogP contribution is -2.60. The molecule has 0 aliphatic heterocycles. The molecule has 0 heterocycles. The van der Waals surface area contributed by atoms with Crippen molar-refractivity contribution in [2.45, 2.75) is 44.1 Å². The third kappa shape index (κ3) is 2.83. The van der Waals surface area contributed by atoms with Crippen molar-refractivity contribution >= 4 is 23.0 Å². The van der Waals surface area contributed by atoms with Crippen LogP contribution < -0.4 is 20.1 Å². The first kappa shape index (κ1) is 16.0. The Morgan fingerprint density at radius 2 is 1.50 bits per heavy atom. The van der Waals surface area contributed by atoms with E-state index in [4.69, 9.17) is 21.7 Å². The standard InChI is InChI=1S/C19H26N2O2S/c1-22-15-4-3-5-16(23-2)17(15)20-18(24)21-19-9-12-6-13(10-19)8-14(7-12)11-19/h3-5,12-14H,6-11H2,1-2H3,(H2,20,21,24). The van der Waals surface area contributed by atoms with Crippen LogP contribution in [0.2, 0.25) is 0 Å². The lowest BCUT2D eigenvalue weighted by molar-refractivity contribution is -0.00972. The minimum absolute atomic E-state index is 0.202. The molecule has 4 bridgehead atoms. The largest absolute Gasteiger partial charge is 0.494 e. The fourth-order valence-corrected chi connectivity index (χ4v) is 5.94. The quantitative estimate of drug-likeness (QED) is 0.808. The molecule has 1 aromatic carbocycles. The Balaban J connectivity index is 1.50. The van der Waals surface area contributed by atoms with Crippen LogP contribution in [0.25, 0.3) is 0 Å². The normalized spacial score (nSPS) is 33.2. The molecule has 0 spiro atoms. The molecular formula is C19H26N2O2S. The van der Waals surface area contributed by atoms with Crippen molar-refractivity contribution in [1.82, 2.24) is 5.32 Å². The van der Waals surface area contributed by atoms with Gasteiger partial charge in [0.25, 0.3) is 0 Å². The van der Waals surface area contributed by atoms with Gasteiger partial charge < -0.3 is 20.1 Å². The summed E-state index contributed by atoms with van der Waals surface area (Å²) in [4.78, 5) is 0. The molecular weight excluding hydrogens is 320 g/mol. The van der Waals surface area contributed by atoms with Crippen molar-refractivity contribution in [1.29, 1.82) is 0 Å². The number of benzene rings is 1. The first-order valence-corrected chi connectivity index (χ1v) is 9.32. The molecule has 0 amide bonds. The van der Waals surface area contributed by atoms with Gasteiger partial charge in [-0.2, -0.15) is 0 Å². The Kier molecular flexibility index (Phi) is 4.07. The molecule has 0 aromatic heterocycles. The van der Waals surface area contributed by atoms with Crippen LogP contribution in [-0.2, 0) is 0 Å². The average Bonchev–Trinajstić information content (AvgIpc) is 2.53. The molecule has 5 rings (SSSR count). The van der Waals surface area contributed by atoms with E-state index >= 15 is 0 Å². The first-order chi connectivity index (χ1) is 11.6. The SMILES string of the molecule is COc1cccc(OC)c1NC(=S)NC12CC3CC(CC(C3)C1)C2. The van der Waals surface area contributed by atoms with Crippen LogP contribution in [0.5, 0.6) is 11.5 Å². The molecule has 4 saturated carbocycles. The summed E-state index contributed by atoms with van der Waals surface area (Å²) in [5, 5.41) is 7.69.